The summed E-state index contributed by atoms with van der Waals surface area (Å²) in [6.45, 7) is 4.55. The standard InChI is InChI=1S/C29H32ClN3O2/c1-21-7-9-22(10-8-21)19-32-27(34)15-16-28(35)33-18-17-31-20-26(33)29(23-5-3-2-4-6-23)24-11-13-25(30)14-12-24/h2-14,26,29,31H,15-20H2,1H3,(H,32,34). The summed E-state index contributed by atoms with van der Waals surface area (Å²) in [7, 11) is 0. The van der Waals surface area contributed by atoms with E-state index in [0.717, 1.165) is 23.2 Å². The average molecular weight is 490 g/mol. The van der Waals surface area contributed by atoms with Crippen LogP contribution in [0.15, 0.2) is 78.9 Å². The number of carbonyl (C=O) groups is 2. The van der Waals surface area contributed by atoms with Crippen molar-refractivity contribution in [2.24, 2.45) is 0 Å². The lowest BCUT2D eigenvalue weighted by Crippen LogP contribution is -2.56. The van der Waals surface area contributed by atoms with Crippen LogP contribution in [0.1, 0.15) is 41.0 Å². The fourth-order valence-corrected chi connectivity index (χ4v) is 4.79. The van der Waals surface area contributed by atoms with E-state index in [1.165, 1.54) is 5.56 Å². The van der Waals surface area contributed by atoms with Crippen LogP contribution in [0.2, 0.25) is 5.02 Å². The number of amides is 2. The quantitative estimate of drug-likeness (QED) is 0.483. The lowest BCUT2D eigenvalue weighted by atomic mass is 9.83. The molecule has 2 unspecified atom stereocenters. The van der Waals surface area contributed by atoms with Crippen LogP contribution in [0, 0.1) is 6.92 Å². The zero-order valence-corrected chi connectivity index (χ0v) is 20.8. The first kappa shape index (κ1) is 25.0. The summed E-state index contributed by atoms with van der Waals surface area (Å²) in [6, 6.07) is 26.1. The van der Waals surface area contributed by atoms with Crippen LogP contribution in [0.5, 0.6) is 0 Å². The highest BCUT2D eigenvalue weighted by Crippen LogP contribution is 2.33. The third-order valence-corrected chi connectivity index (χ3v) is 6.80. The minimum absolute atomic E-state index is 0.000538. The lowest BCUT2D eigenvalue weighted by molar-refractivity contribution is -0.136. The summed E-state index contributed by atoms with van der Waals surface area (Å²) in [6.07, 6.45) is 0.372. The van der Waals surface area contributed by atoms with Crippen molar-refractivity contribution in [3.8, 4) is 0 Å². The fourth-order valence-electron chi connectivity index (χ4n) is 4.66. The molecule has 3 aromatic rings. The van der Waals surface area contributed by atoms with E-state index < -0.39 is 0 Å². The van der Waals surface area contributed by atoms with Gasteiger partial charge in [-0.25, -0.2) is 0 Å². The van der Waals surface area contributed by atoms with E-state index in [1.54, 1.807) is 0 Å². The molecule has 6 heteroatoms. The third-order valence-electron chi connectivity index (χ3n) is 6.55. The van der Waals surface area contributed by atoms with E-state index in [1.807, 2.05) is 78.6 Å². The molecule has 2 N–H and O–H groups in total. The van der Waals surface area contributed by atoms with E-state index in [-0.39, 0.29) is 36.6 Å². The molecule has 3 aromatic carbocycles. The smallest absolute Gasteiger partial charge is 0.223 e. The predicted molar refractivity (Wildman–Crippen MR) is 140 cm³/mol. The number of benzene rings is 3. The van der Waals surface area contributed by atoms with Gasteiger partial charge < -0.3 is 15.5 Å². The molecule has 0 aliphatic carbocycles. The van der Waals surface area contributed by atoms with Gasteiger partial charge in [0.25, 0.3) is 0 Å². The van der Waals surface area contributed by atoms with Gasteiger partial charge in [0.2, 0.25) is 11.8 Å². The molecule has 1 heterocycles. The molecule has 0 radical (unpaired) electrons. The second-order valence-corrected chi connectivity index (χ2v) is 9.50. The Morgan fingerprint density at radius 1 is 0.971 bits per heavy atom. The minimum atomic E-state index is -0.108. The van der Waals surface area contributed by atoms with E-state index in [2.05, 4.69) is 22.8 Å². The third kappa shape index (κ3) is 6.71. The molecule has 0 spiro atoms. The van der Waals surface area contributed by atoms with Gasteiger partial charge in [0.15, 0.2) is 0 Å². The van der Waals surface area contributed by atoms with Gasteiger partial charge in [0, 0.05) is 50.0 Å². The molecule has 1 fully saturated rings. The van der Waals surface area contributed by atoms with Crippen molar-refractivity contribution in [2.75, 3.05) is 19.6 Å². The average Bonchev–Trinajstić information content (AvgIpc) is 2.89. The normalized spacial score (nSPS) is 16.5. The second-order valence-electron chi connectivity index (χ2n) is 9.06. The minimum Gasteiger partial charge on any atom is -0.352 e. The van der Waals surface area contributed by atoms with E-state index in [4.69, 9.17) is 11.6 Å². The second kappa shape index (κ2) is 12.0. The Hall–Kier alpha value is -3.15. The highest BCUT2D eigenvalue weighted by molar-refractivity contribution is 6.30. The molecule has 0 aromatic heterocycles. The Balaban J connectivity index is 1.44. The summed E-state index contributed by atoms with van der Waals surface area (Å²) >= 11 is 6.16. The Bertz CT molecular complexity index is 1120. The number of nitrogens with one attached hydrogen (secondary N) is 2. The van der Waals surface area contributed by atoms with Crippen LogP contribution in [0.3, 0.4) is 0 Å². The molecule has 5 nitrogen and oxygen atoms in total. The van der Waals surface area contributed by atoms with Crippen LogP contribution in [0.4, 0.5) is 0 Å². The van der Waals surface area contributed by atoms with Crippen LogP contribution in [-0.2, 0) is 16.1 Å². The molecule has 0 saturated carbocycles. The summed E-state index contributed by atoms with van der Waals surface area (Å²) in [5, 5.41) is 7.08. The zero-order chi connectivity index (χ0) is 24.6. The number of hydrogen-bond donors (Lipinski definition) is 2. The van der Waals surface area contributed by atoms with Crippen LogP contribution in [0.25, 0.3) is 0 Å². The van der Waals surface area contributed by atoms with Crippen molar-refractivity contribution < 1.29 is 9.59 Å². The first-order valence-electron chi connectivity index (χ1n) is 12.1. The van der Waals surface area contributed by atoms with Crippen molar-refractivity contribution in [3.63, 3.8) is 0 Å². The summed E-state index contributed by atoms with van der Waals surface area (Å²) < 4.78 is 0. The molecule has 4 rings (SSSR count). The first-order chi connectivity index (χ1) is 17.0. The highest BCUT2D eigenvalue weighted by atomic mass is 35.5. The van der Waals surface area contributed by atoms with Gasteiger partial charge in [-0.1, -0.05) is 83.9 Å². The highest BCUT2D eigenvalue weighted by Gasteiger charge is 2.34. The van der Waals surface area contributed by atoms with Gasteiger partial charge in [-0.3, -0.25) is 9.59 Å². The SMILES string of the molecule is Cc1ccc(CNC(=O)CCC(=O)N2CCNCC2C(c2ccccc2)c2ccc(Cl)cc2)cc1. The molecule has 1 aliphatic heterocycles. The maximum Gasteiger partial charge on any atom is 0.223 e. The summed E-state index contributed by atoms with van der Waals surface area (Å²) in [5.41, 5.74) is 4.50. The number of piperazine rings is 1. The van der Waals surface area contributed by atoms with Crippen LogP contribution in [-0.4, -0.2) is 42.4 Å². The number of halogens is 1. The number of nitrogens with zero attached hydrogens (tertiary/aromatic N) is 1. The summed E-state index contributed by atoms with van der Waals surface area (Å²) in [4.78, 5) is 27.8. The van der Waals surface area contributed by atoms with Gasteiger partial charge in [-0.15, -0.1) is 0 Å². The zero-order valence-electron chi connectivity index (χ0n) is 20.0. The number of rotatable bonds is 8. The van der Waals surface area contributed by atoms with Gasteiger partial charge in [-0.05, 0) is 35.7 Å². The molecule has 0 bridgehead atoms. The molecule has 2 atom stereocenters. The van der Waals surface area contributed by atoms with Crippen molar-refractivity contribution in [1.29, 1.82) is 0 Å². The van der Waals surface area contributed by atoms with Gasteiger partial charge in [0.1, 0.15) is 0 Å². The number of carbonyl (C=O) groups excluding carboxylic acids is 2. The van der Waals surface area contributed by atoms with E-state index in [9.17, 15) is 9.59 Å². The monoisotopic (exact) mass is 489 g/mol. The Morgan fingerprint density at radius 2 is 1.66 bits per heavy atom. The first-order valence-corrected chi connectivity index (χ1v) is 12.5. The van der Waals surface area contributed by atoms with Gasteiger partial charge in [0.05, 0.1) is 6.04 Å². The number of aryl methyl sites for hydroxylation is 1. The predicted octanol–water partition coefficient (Wildman–Crippen LogP) is 4.68. The largest absolute Gasteiger partial charge is 0.352 e. The van der Waals surface area contributed by atoms with Crippen LogP contribution < -0.4 is 10.6 Å². The molecular weight excluding hydrogens is 458 g/mol. The maximum absolute atomic E-state index is 13.3. The summed E-state index contributed by atoms with van der Waals surface area (Å²) in [5.74, 6) is -0.0969. The van der Waals surface area contributed by atoms with Gasteiger partial charge in [-0.2, -0.15) is 0 Å². The molecular formula is C29H32ClN3O2. The van der Waals surface area contributed by atoms with Crippen molar-refractivity contribution in [3.05, 3.63) is 106 Å². The molecule has 182 valence electrons. The van der Waals surface area contributed by atoms with E-state index >= 15 is 0 Å². The molecule has 1 saturated heterocycles. The van der Waals surface area contributed by atoms with Crippen molar-refractivity contribution >= 4 is 23.4 Å². The van der Waals surface area contributed by atoms with Crippen molar-refractivity contribution in [2.45, 2.75) is 38.3 Å². The topological polar surface area (TPSA) is 61.4 Å². The maximum atomic E-state index is 13.3. The van der Waals surface area contributed by atoms with Crippen molar-refractivity contribution in [1.82, 2.24) is 15.5 Å². The Morgan fingerprint density at radius 3 is 2.37 bits per heavy atom. The molecule has 2 amide bonds. The molecule has 35 heavy (non-hydrogen) atoms. The van der Waals surface area contributed by atoms with Gasteiger partial charge >= 0.3 is 0 Å². The Labute approximate surface area is 212 Å². The lowest BCUT2D eigenvalue weighted by Gasteiger charge is -2.41. The molecule has 1 aliphatic rings. The fraction of sp³-hybridized carbons (Fsp3) is 0.310. The van der Waals surface area contributed by atoms with E-state index in [0.29, 0.717) is 24.7 Å². The van der Waals surface area contributed by atoms with Crippen LogP contribution >= 0.6 is 11.6 Å². The number of hydrogen-bond acceptors (Lipinski definition) is 3. The Kier molecular flexibility index (Phi) is 8.56.